The van der Waals surface area contributed by atoms with Crippen LogP contribution in [0.2, 0.25) is 0 Å². The Bertz CT molecular complexity index is 739. The van der Waals surface area contributed by atoms with Crippen molar-refractivity contribution in [2.75, 3.05) is 20.2 Å². The van der Waals surface area contributed by atoms with Crippen LogP contribution in [-0.4, -0.2) is 52.8 Å². The molecule has 0 spiro atoms. The van der Waals surface area contributed by atoms with E-state index in [1.54, 1.807) is 4.90 Å². The molecule has 1 saturated heterocycles. The van der Waals surface area contributed by atoms with Crippen LogP contribution in [-0.2, 0) is 6.42 Å². The Hall–Kier alpha value is -2.70. The first kappa shape index (κ1) is 21.6. The van der Waals surface area contributed by atoms with Gasteiger partial charge in [0.25, 0.3) is 0 Å². The molecule has 2 amide bonds. The van der Waals surface area contributed by atoms with E-state index in [4.69, 9.17) is 5.11 Å². The SMILES string of the molecule is CC1(O)CCN(C(=O)NC2=Nc3ccccc3C2)CC1.CO.c1ccccc1. The van der Waals surface area contributed by atoms with Crippen LogP contribution >= 0.6 is 0 Å². The Kier molecular flexibility index (Phi) is 8.17. The summed E-state index contributed by atoms with van der Waals surface area (Å²) in [4.78, 5) is 18.3. The molecule has 6 nitrogen and oxygen atoms in total. The van der Waals surface area contributed by atoms with Crippen molar-refractivity contribution < 1.29 is 15.0 Å². The summed E-state index contributed by atoms with van der Waals surface area (Å²) in [5, 5.41) is 19.8. The third kappa shape index (κ3) is 6.48. The molecule has 2 aliphatic heterocycles. The fourth-order valence-electron chi connectivity index (χ4n) is 2.99. The van der Waals surface area contributed by atoms with Crippen molar-refractivity contribution in [3.63, 3.8) is 0 Å². The van der Waals surface area contributed by atoms with Gasteiger partial charge in [-0.05, 0) is 31.4 Å². The maximum atomic E-state index is 12.2. The number of fused-ring (bicyclic) bond motifs is 1. The van der Waals surface area contributed by atoms with E-state index in [9.17, 15) is 9.90 Å². The van der Waals surface area contributed by atoms with Gasteiger partial charge in [0, 0.05) is 26.6 Å². The first-order valence-corrected chi connectivity index (χ1v) is 9.42. The number of nitrogens with one attached hydrogen (secondary N) is 1. The number of carbonyl (C=O) groups excluding carboxylic acids is 1. The van der Waals surface area contributed by atoms with E-state index in [1.807, 2.05) is 67.6 Å². The zero-order chi connectivity index (χ0) is 20.4. The van der Waals surface area contributed by atoms with Crippen molar-refractivity contribution in [2.24, 2.45) is 4.99 Å². The van der Waals surface area contributed by atoms with Crippen LogP contribution in [0.1, 0.15) is 25.3 Å². The molecule has 0 unspecified atom stereocenters. The molecular formula is C22H29N3O3. The van der Waals surface area contributed by atoms with Gasteiger partial charge in [-0.1, -0.05) is 54.6 Å². The van der Waals surface area contributed by atoms with E-state index >= 15 is 0 Å². The highest BCUT2D eigenvalue weighted by atomic mass is 16.3. The van der Waals surface area contributed by atoms with E-state index < -0.39 is 5.60 Å². The first-order chi connectivity index (χ1) is 13.5. The molecule has 4 rings (SSSR count). The van der Waals surface area contributed by atoms with E-state index in [1.165, 1.54) is 0 Å². The second kappa shape index (κ2) is 10.6. The van der Waals surface area contributed by atoms with Crippen LogP contribution in [0.4, 0.5) is 10.5 Å². The summed E-state index contributed by atoms with van der Waals surface area (Å²) in [7, 11) is 1.00. The molecule has 2 aromatic carbocycles. The van der Waals surface area contributed by atoms with Crippen molar-refractivity contribution >= 4 is 17.6 Å². The number of likely N-dealkylation sites (tertiary alicyclic amines) is 1. The second-order valence-corrected chi connectivity index (χ2v) is 6.93. The van der Waals surface area contributed by atoms with Crippen molar-refractivity contribution in [1.82, 2.24) is 10.2 Å². The van der Waals surface area contributed by atoms with Crippen molar-refractivity contribution in [3.05, 3.63) is 66.2 Å². The minimum absolute atomic E-state index is 0.118. The minimum Gasteiger partial charge on any atom is -0.400 e. The number of hydrogen-bond acceptors (Lipinski definition) is 4. The lowest BCUT2D eigenvalue weighted by Gasteiger charge is -2.35. The van der Waals surface area contributed by atoms with Crippen molar-refractivity contribution in [2.45, 2.75) is 31.8 Å². The Morgan fingerprint density at radius 3 is 2.07 bits per heavy atom. The zero-order valence-corrected chi connectivity index (χ0v) is 16.5. The van der Waals surface area contributed by atoms with Crippen LogP contribution in [0, 0.1) is 0 Å². The van der Waals surface area contributed by atoms with Crippen LogP contribution < -0.4 is 5.32 Å². The molecule has 28 heavy (non-hydrogen) atoms. The lowest BCUT2D eigenvalue weighted by Crippen LogP contribution is -2.50. The molecule has 2 heterocycles. The monoisotopic (exact) mass is 383 g/mol. The number of urea groups is 1. The van der Waals surface area contributed by atoms with Gasteiger partial charge in [0.15, 0.2) is 0 Å². The first-order valence-electron chi connectivity index (χ1n) is 9.42. The lowest BCUT2D eigenvalue weighted by molar-refractivity contribution is 0.00483. The number of benzene rings is 2. The summed E-state index contributed by atoms with van der Waals surface area (Å²) in [6.45, 7) is 2.98. The number of amidine groups is 1. The number of nitrogens with zero attached hydrogens (tertiary/aromatic N) is 2. The van der Waals surface area contributed by atoms with E-state index in [-0.39, 0.29) is 6.03 Å². The third-order valence-electron chi connectivity index (χ3n) is 4.65. The molecule has 2 aliphatic rings. The molecule has 150 valence electrons. The average molecular weight is 383 g/mol. The van der Waals surface area contributed by atoms with Crippen LogP contribution in [0.25, 0.3) is 0 Å². The van der Waals surface area contributed by atoms with Gasteiger partial charge in [-0.25, -0.2) is 9.79 Å². The Morgan fingerprint density at radius 1 is 1.00 bits per heavy atom. The minimum atomic E-state index is -0.641. The van der Waals surface area contributed by atoms with Gasteiger partial charge >= 0.3 is 6.03 Å². The summed E-state index contributed by atoms with van der Waals surface area (Å²) in [5.41, 5.74) is 1.44. The highest BCUT2D eigenvalue weighted by molar-refractivity contribution is 6.02. The maximum absolute atomic E-state index is 12.2. The fourth-order valence-corrected chi connectivity index (χ4v) is 2.99. The molecular weight excluding hydrogens is 354 g/mol. The fraction of sp³-hybridized carbons (Fsp3) is 0.364. The Balaban J connectivity index is 0.000000296. The summed E-state index contributed by atoms with van der Waals surface area (Å²) >= 11 is 0. The Labute approximate surface area is 166 Å². The van der Waals surface area contributed by atoms with Gasteiger partial charge in [-0.2, -0.15) is 0 Å². The predicted octanol–water partition coefficient (Wildman–Crippen LogP) is 3.12. The molecule has 0 bridgehead atoms. The standard InChI is InChI=1S/C15H19N3O2.C6H6.CH4O/c1-15(20)6-8-18(9-7-15)14(19)17-13-10-11-4-2-3-5-12(11)16-13;1-2-4-6-5-3-1;1-2/h2-5,20H,6-10H2,1H3,(H,16,17,19);1-6H;2H,1H3. The van der Waals surface area contributed by atoms with Crippen molar-refractivity contribution in [3.8, 4) is 0 Å². The highest BCUT2D eigenvalue weighted by Gasteiger charge is 2.30. The van der Waals surface area contributed by atoms with Crippen molar-refractivity contribution in [1.29, 1.82) is 0 Å². The normalized spacial score (nSPS) is 16.4. The lowest BCUT2D eigenvalue weighted by atomic mass is 9.94. The van der Waals surface area contributed by atoms with Gasteiger partial charge in [0.05, 0.1) is 11.3 Å². The molecule has 0 atom stereocenters. The molecule has 3 N–H and O–H groups in total. The van der Waals surface area contributed by atoms with Gasteiger partial charge in [0.1, 0.15) is 5.84 Å². The topological polar surface area (TPSA) is 85.2 Å². The van der Waals surface area contributed by atoms with E-state index in [0.717, 1.165) is 18.4 Å². The third-order valence-corrected chi connectivity index (χ3v) is 4.65. The molecule has 1 fully saturated rings. The molecule has 0 radical (unpaired) electrons. The highest BCUT2D eigenvalue weighted by Crippen LogP contribution is 2.25. The Morgan fingerprint density at radius 2 is 1.54 bits per heavy atom. The van der Waals surface area contributed by atoms with Gasteiger partial charge in [-0.15, -0.1) is 0 Å². The van der Waals surface area contributed by atoms with Gasteiger partial charge in [-0.3, -0.25) is 5.32 Å². The summed E-state index contributed by atoms with van der Waals surface area (Å²) in [6.07, 6.45) is 1.91. The smallest absolute Gasteiger partial charge is 0.322 e. The second-order valence-electron chi connectivity index (χ2n) is 6.93. The van der Waals surface area contributed by atoms with Crippen LogP contribution in [0.5, 0.6) is 0 Å². The molecule has 0 saturated carbocycles. The summed E-state index contributed by atoms with van der Waals surface area (Å²) in [6, 6.07) is 19.8. The summed E-state index contributed by atoms with van der Waals surface area (Å²) in [5.74, 6) is 0.702. The number of amides is 2. The number of aliphatic hydroxyl groups is 2. The molecule has 0 aromatic heterocycles. The molecule has 2 aromatic rings. The number of carbonyl (C=O) groups is 1. The quantitative estimate of drug-likeness (QED) is 0.653. The maximum Gasteiger partial charge on any atom is 0.322 e. The largest absolute Gasteiger partial charge is 0.400 e. The molecule has 0 aliphatic carbocycles. The number of aliphatic hydroxyl groups excluding tert-OH is 1. The number of piperidine rings is 1. The number of rotatable bonds is 0. The number of para-hydroxylation sites is 1. The van der Waals surface area contributed by atoms with Gasteiger partial charge in [0.2, 0.25) is 0 Å². The molecule has 6 heteroatoms. The van der Waals surface area contributed by atoms with E-state index in [2.05, 4.69) is 10.3 Å². The average Bonchev–Trinajstić information content (AvgIpc) is 3.13. The van der Waals surface area contributed by atoms with Gasteiger partial charge < -0.3 is 15.1 Å². The predicted molar refractivity (Wildman–Crippen MR) is 112 cm³/mol. The van der Waals surface area contributed by atoms with Crippen LogP contribution in [0.15, 0.2) is 65.7 Å². The zero-order valence-electron chi connectivity index (χ0n) is 16.5. The van der Waals surface area contributed by atoms with E-state index in [0.29, 0.717) is 38.2 Å². The summed E-state index contributed by atoms with van der Waals surface area (Å²) < 4.78 is 0. The number of hydrogen-bond donors (Lipinski definition) is 3. The number of aliphatic imine (C=N–C) groups is 1. The van der Waals surface area contributed by atoms with Crippen LogP contribution in [0.3, 0.4) is 0 Å².